The van der Waals surface area contributed by atoms with Crippen LogP contribution < -0.4 is 5.32 Å². The molecule has 1 aromatic rings. The summed E-state index contributed by atoms with van der Waals surface area (Å²) in [6.07, 6.45) is 3.09. The van der Waals surface area contributed by atoms with E-state index < -0.39 is 0 Å². The van der Waals surface area contributed by atoms with Gasteiger partial charge in [-0.2, -0.15) is 0 Å². The van der Waals surface area contributed by atoms with E-state index in [0.29, 0.717) is 12.0 Å². The zero-order chi connectivity index (χ0) is 13.1. The quantitative estimate of drug-likeness (QED) is 0.848. The minimum atomic E-state index is -0.126. The van der Waals surface area contributed by atoms with Gasteiger partial charge in [-0.05, 0) is 37.9 Å². The molecule has 0 aromatic heterocycles. The molecule has 1 aromatic carbocycles. The van der Waals surface area contributed by atoms with E-state index in [1.807, 2.05) is 0 Å². The van der Waals surface area contributed by atoms with Crippen molar-refractivity contribution in [1.29, 1.82) is 0 Å². The molecule has 0 spiro atoms. The molecule has 2 fully saturated rings. The van der Waals surface area contributed by atoms with Crippen LogP contribution in [0.3, 0.4) is 0 Å². The third-order valence-corrected chi connectivity index (χ3v) is 4.57. The Balaban J connectivity index is 1.63. The fourth-order valence-electron chi connectivity index (χ4n) is 3.49. The van der Waals surface area contributed by atoms with Gasteiger partial charge >= 0.3 is 0 Å². The Morgan fingerprint density at radius 1 is 1.21 bits per heavy atom. The van der Waals surface area contributed by atoms with E-state index in [9.17, 15) is 5.11 Å². The van der Waals surface area contributed by atoms with Gasteiger partial charge in [0.1, 0.15) is 0 Å². The van der Waals surface area contributed by atoms with Crippen LogP contribution in [0.25, 0.3) is 0 Å². The molecule has 2 heterocycles. The Morgan fingerprint density at radius 3 is 2.89 bits per heavy atom. The summed E-state index contributed by atoms with van der Waals surface area (Å²) in [5.41, 5.74) is 1.37. The molecule has 2 saturated heterocycles. The molecule has 3 rings (SSSR count). The van der Waals surface area contributed by atoms with E-state index >= 15 is 0 Å². The SMILES string of the molecule is OC1CCCNC2CCN(Cc3ccccc3)CC12. The van der Waals surface area contributed by atoms with Gasteiger partial charge in [0, 0.05) is 25.0 Å². The van der Waals surface area contributed by atoms with Gasteiger partial charge in [0.15, 0.2) is 0 Å². The summed E-state index contributed by atoms with van der Waals surface area (Å²) in [5.74, 6) is 0.403. The fraction of sp³-hybridized carbons (Fsp3) is 0.625. The summed E-state index contributed by atoms with van der Waals surface area (Å²) in [4.78, 5) is 2.49. The van der Waals surface area contributed by atoms with Gasteiger partial charge in [-0.1, -0.05) is 30.3 Å². The van der Waals surface area contributed by atoms with Gasteiger partial charge < -0.3 is 10.4 Å². The highest BCUT2D eigenvalue weighted by molar-refractivity contribution is 5.14. The van der Waals surface area contributed by atoms with Crippen LogP contribution >= 0.6 is 0 Å². The maximum absolute atomic E-state index is 10.3. The lowest BCUT2D eigenvalue weighted by atomic mass is 9.87. The van der Waals surface area contributed by atoms with Crippen LogP contribution in [-0.2, 0) is 6.54 Å². The largest absolute Gasteiger partial charge is 0.393 e. The van der Waals surface area contributed by atoms with E-state index in [1.54, 1.807) is 0 Å². The predicted molar refractivity (Wildman–Crippen MR) is 76.9 cm³/mol. The molecular formula is C16H24N2O. The molecule has 0 bridgehead atoms. The first-order chi connectivity index (χ1) is 9.33. The summed E-state index contributed by atoms with van der Waals surface area (Å²) >= 11 is 0. The van der Waals surface area contributed by atoms with Gasteiger partial charge in [-0.3, -0.25) is 4.90 Å². The van der Waals surface area contributed by atoms with Crippen LogP contribution in [0, 0.1) is 5.92 Å². The Bertz CT molecular complexity index is 395. The fourth-order valence-corrected chi connectivity index (χ4v) is 3.49. The van der Waals surface area contributed by atoms with Gasteiger partial charge in [0.2, 0.25) is 0 Å². The minimum Gasteiger partial charge on any atom is -0.393 e. The lowest BCUT2D eigenvalue weighted by Gasteiger charge is -2.39. The molecule has 104 valence electrons. The van der Waals surface area contributed by atoms with E-state index in [4.69, 9.17) is 0 Å². The average Bonchev–Trinajstić information content (AvgIpc) is 2.62. The molecule has 3 nitrogen and oxygen atoms in total. The van der Waals surface area contributed by atoms with Gasteiger partial charge in [0.25, 0.3) is 0 Å². The molecule has 2 N–H and O–H groups in total. The van der Waals surface area contributed by atoms with Gasteiger partial charge in [0.05, 0.1) is 6.10 Å². The van der Waals surface area contributed by atoms with Crippen molar-refractivity contribution in [2.45, 2.75) is 38.0 Å². The number of nitrogens with one attached hydrogen (secondary N) is 1. The van der Waals surface area contributed by atoms with Crippen molar-refractivity contribution in [2.24, 2.45) is 5.92 Å². The van der Waals surface area contributed by atoms with Crippen molar-refractivity contribution in [3.63, 3.8) is 0 Å². The zero-order valence-electron chi connectivity index (χ0n) is 11.5. The molecular weight excluding hydrogens is 236 g/mol. The third-order valence-electron chi connectivity index (χ3n) is 4.57. The number of likely N-dealkylation sites (tertiary alicyclic amines) is 1. The third kappa shape index (κ3) is 3.16. The number of rotatable bonds is 2. The second kappa shape index (κ2) is 6.04. The number of piperidine rings is 1. The summed E-state index contributed by atoms with van der Waals surface area (Å²) in [7, 11) is 0. The van der Waals surface area contributed by atoms with E-state index in [1.165, 1.54) is 5.56 Å². The minimum absolute atomic E-state index is 0.126. The van der Waals surface area contributed by atoms with Crippen LogP contribution in [0.1, 0.15) is 24.8 Å². The molecule has 2 aliphatic heterocycles. The molecule has 3 unspecified atom stereocenters. The first kappa shape index (κ1) is 13.1. The second-order valence-corrected chi connectivity index (χ2v) is 5.94. The molecule has 0 aliphatic carbocycles. The van der Waals surface area contributed by atoms with Gasteiger partial charge in [-0.15, -0.1) is 0 Å². The lowest BCUT2D eigenvalue weighted by molar-refractivity contribution is 0.0314. The van der Waals surface area contributed by atoms with Crippen molar-refractivity contribution < 1.29 is 5.11 Å². The van der Waals surface area contributed by atoms with Crippen LogP contribution in [-0.4, -0.2) is 41.8 Å². The van der Waals surface area contributed by atoms with E-state index in [0.717, 1.165) is 45.4 Å². The molecule has 19 heavy (non-hydrogen) atoms. The van der Waals surface area contributed by atoms with Crippen molar-refractivity contribution >= 4 is 0 Å². The molecule has 3 atom stereocenters. The number of hydrogen-bond donors (Lipinski definition) is 2. The summed E-state index contributed by atoms with van der Waals surface area (Å²) in [6.45, 7) is 4.23. The normalized spacial score (nSPS) is 32.6. The Kier molecular flexibility index (Phi) is 4.16. The zero-order valence-corrected chi connectivity index (χ0v) is 11.5. The summed E-state index contributed by atoms with van der Waals surface area (Å²) in [6, 6.07) is 11.2. The van der Waals surface area contributed by atoms with Crippen molar-refractivity contribution in [3.05, 3.63) is 35.9 Å². The highest BCUT2D eigenvalue weighted by atomic mass is 16.3. The second-order valence-electron chi connectivity index (χ2n) is 5.94. The monoisotopic (exact) mass is 260 g/mol. The summed E-state index contributed by atoms with van der Waals surface area (Å²) < 4.78 is 0. The standard InChI is InChI=1S/C16H24N2O/c19-16-7-4-9-17-15-8-10-18(12-14(15)16)11-13-5-2-1-3-6-13/h1-3,5-6,14-17,19H,4,7-12H2. The van der Waals surface area contributed by atoms with E-state index in [-0.39, 0.29) is 6.10 Å². The number of hydrogen-bond acceptors (Lipinski definition) is 3. The van der Waals surface area contributed by atoms with Crippen molar-refractivity contribution in [2.75, 3.05) is 19.6 Å². The molecule has 3 heteroatoms. The molecule has 0 saturated carbocycles. The first-order valence-electron chi connectivity index (χ1n) is 7.50. The first-order valence-corrected chi connectivity index (χ1v) is 7.50. The van der Waals surface area contributed by atoms with Crippen LogP contribution in [0.15, 0.2) is 30.3 Å². The smallest absolute Gasteiger partial charge is 0.0596 e. The lowest BCUT2D eigenvalue weighted by Crippen LogP contribution is -2.51. The predicted octanol–water partition coefficient (Wildman–Crippen LogP) is 1.62. The topological polar surface area (TPSA) is 35.5 Å². The number of aliphatic hydroxyl groups excluding tert-OH is 1. The van der Waals surface area contributed by atoms with E-state index in [2.05, 4.69) is 40.5 Å². The summed E-state index contributed by atoms with van der Waals surface area (Å²) in [5, 5.41) is 13.9. The van der Waals surface area contributed by atoms with Crippen LogP contribution in [0.5, 0.6) is 0 Å². The Morgan fingerprint density at radius 2 is 2.05 bits per heavy atom. The number of fused-ring (bicyclic) bond motifs is 1. The highest BCUT2D eigenvalue weighted by Gasteiger charge is 2.35. The van der Waals surface area contributed by atoms with Gasteiger partial charge in [-0.25, -0.2) is 0 Å². The van der Waals surface area contributed by atoms with Crippen LogP contribution in [0.2, 0.25) is 0 Å². The maximum Gasteiger partial charge on any atom is 0.0596 e. The number of nitrogens with zero attached hydrogens (tertiary/aromatic N) is 1. The average molecular weight is 260 g/mol. The maximum atomic E-state index is 10.3. The molecule has 0 radical (unpaired) electrons. The Labute approximate surface area is 115 Å². The highest BCUT2D eigenvalue weighted by Crippen LogP contribution is 2.26. The van der Waals surface area contributed by atoms with Crippen molar-refractivity contribution in [1.82, 2.24) is 10.2 Å². The molecule has 0 amide bonds. The number of benzene rings is 1. The van der Waals surface area contributed by atoms with Crippen molar-refractivity contribution in [3.8, 4) is 0 Å². The molecule has 2 aliphatic rings. The Hall–Kier alpha value is -0.900. The number of aliphatic hydroxyl groups is 1. The van der Waals surface area contributed by atoms with Crippen LogP contribution in [0.4, 0.5) is 0 Å².